The van der Waals surface area contributed by atoms with Crippen LogP contribution in [0, 0.1) is 0 Å². The lowest BCUT2D eigenvalue weighted by Crippen LogP contribution is -2.46. The van der Waals surface area contributed by atoms with Crippen molar-refractivity contribution in [2.75, 3.05) is 33.0 Å². The lowest BCUT2D eigenvalue weighted by Gasteiger charge is -2.34. The van der Waals surface area contributed by atoms with Gasteiger partial charge in [0.15, 0.2) is 15.8 Å². The summed E-state index contributed by atoms with van der Waals surface area (Å²) < 4.78 is 28.4. The zero-order valence-electron chi connectivity index (χ0n) is 15.8. The number of hydrogen-bond acceptors (Lipinski definition) is 4. The van der Waals surface area contributed by atoms with Gasteiger partial charge in [0.1, 0.15) is 0 Å². The first kappa shape index (κ1) is 23.2. The Balaban J connectivity index is 0.00000338. The van der Waals surface area contributed by atoms with Gasteiger partial charge >= 0.3 is 0 Å². The average molecular weight is 495 g/mol. The number of nitrogens with one attached hydrogen (secondary N) is 1. The van der Waals surface area contributed by atoms with E-state index in [0.29, 0.717) is 12.6 Å². The van der Waals surface area contributed by atoms with Gasteiger partial charge in [-0.2, -0.15) is 0 Å². The lowest BCUT2D eigenvalue weighted by molar-refractivity contribution is 0.0263. The molecule has 0 atom stereocenters. The van der Waals surface area contributed by atoms with Gasteiger partial charge in [0.2, 0.25) is 0 Å². The predicted octanol–water partition coefficient (Wildman–Crippen LogP) is 2.43. The number of halogens is 1. The lowest BCUT2D eigenvalue weighted by atomic mass is 10.1. The minimum atomic E-state index is -2.99. The first-order valence-corrected chi connectivity index (χ1v) is 10.8. The first-order chi connectivity index (χ1) is 11.9. The second-order valence-corrected chi connectivity index (χ2v) is 8.57. The van der Waals surface area contributed by atoms with Gasteiger partial charge in [-0.15, -0.1) is 24.0 Å². The van der Waals surface area contributed by atoms with Gasteiger partial charge in [-0.1, -0.05) is 24.3 Å². The molecular weight excluding hydrogens is 465 g/mol. The summed E-state index contributed by atoms with van der Waals surface area (Å²) in [5.41, 5.74) is 1.91. The third-order valence-corrected chi connectivity index (χ3v) is 5.12. The van der Waals surface area contributed by atoms with Crippen LogP contribution in [0.25, 0.3) is 0 Å². The topological polar surface area (TPSA) is 71.0 Å². The Morgan fingerprint density at radius 3 is 2.31 bits per heavy atom. The quantitative estimate of drug-likeness (QED) is 0.373. The van der Waals surface area contributed by atoms with Crippen molar-refractivity contribution in [3.63, 3.8) is 0 Å². The number of nitrogens with zero attached hydrogens (tertiary/aromatic N) is 2. The Hall–Kier alpha value is -0.870. The van der Waals surface area contributed by atoms with Crippen LogP contribution in [0.3, 0.4) is 0 Å². The summed E-state index contributed by atoms with van der Waals surface area (Å²) in [6.45, 7) is 5.35. The van der Waals surface area contributed by atoms with E-state index >= 15 is 0 Å². The summed E-state index contributed by atoms with van der Waals surface area (Å²) >= 11 is 0. The molecule has 6 nitrogen and oxygen atoms in total. The number of guanidine groups is 1. The maximum atomic E-state index is 11.3. The SMILES string of the molecule is CCOC1CCN(C(=NC)NCc2ccc(CS(C)(=O)=O)cc2)CC1.I. The van der Waals surface area contributed by atoms with E-state index in [-0.39, 0.29) is 29.7 Å². The third kappa shape index (κ3) is 7.79. The summed E-state index contributed by atoms with van der Waals surface area (Å²) in [5.74, 6) is 0.979. The molecule has 1 aliphatic rings. The largest absolute Gasteiger partial charge is 0.378 e. The molecule has 0 aliphatic carbocycles. The highest BCUT2D eigenvalue weighted by atomic mass is 127. The van der Waals surface area contributed by atoms with Crippen LogP contribution in [0.2, 0.25) is 0 Å². The summed E-state index contributed by atoms with van der Waals surface area (Å²) in [6, 6.07) is 7.66. The van der Waals surface area contributed by atoms with E-state index in [1.54, 1.807) is 7.05 Å². The fourth-order valence-electron chi connectivity index (χ4n) is 3.04. The number of hydrogen-bond donors (Lipinski definition) is 1. The molecule has 1 aromatic rings. The van der Waals surface area contributed by atoms with Crippen LogP contribution in [-0.4, -0.2) is 58.4 Å². The third-order valence-electron chi connectivity index (χ3n) is 4.26. The van der Waals surface area contributed by atoms with E-state index in [9.17, 15) is 8.42 Å². The second-order valence-electron chi connectivity index (χ2n) is 6.43. The molecule has 0 bridgehead atoms. The molecule has 1 fully saturated rings. The van der Waals surface area contributed by atoms with E-state index in [4.69, 9.17) is 4.74 Å². The smallest absolute Gasteiger partial charge is 0.193 e. The summed E-state index contributed by atoms with van der Waals surface area (Å²) in [7, 11) is -1.20. The highest BCUT2D eigenvalue weighted by Gasteiger charge is 2.21. The number of piperidine rings is 1. The number of aliphatic imine (C=N–C) groups is 1. The fraction of sp³-hybridized carbons (Fsp3) is 0.611. The van der Waals surface area contributed by atoms with Crippen molar-refractivity contribution in [3.8, 4) is 0 Å². The summed E-state index contributed by atoms with van der Waals surface area (Å²) in [5, 5.41) is 3.39. The van der Waals surface area contributed by atoms with E-state index in [2.05, 4.69) is 15.2 Å². The van der Waals surface area contributed by atoms with Crippen LogP contribution in [-0.2, 0) is 26.9 Å². The molecule has 0 radical (unpaired) electrons. The van der Waals surface area contributed by atoms with Crippen LogP contribution in [0.15, 0.2) is 29.3 Å². The van der Waals surface area contributed by atoms with Crippen molar-refractivity contribution in [2.24, 2.45) is 4.99 Å². The van der Waals surface area contributed by atoms with Crippen molar-refractivity contribution >= 4 is 39.8 Å². The van der Waals surface area contributed by atoms with E-state index in [1.165, 1.54) is 6.26 Å². The van der Waals surface area contributed by atoms with Crippen molar-refractivity contribution in [1.82, 2.24) is 10.2 Å². The first-order valence-electron chi connectivity index (χ1n) is 8.74. The predicted molar refractivity (Wildman–Crippen MR) is 117 cm³/mol. The number of benzene rings is 1. The van der Waals surface area contributed by atoms with Gasteiger partial charge in [0, 0.05) is 39.5 Å². The molecule has 1 aromatic carbocycles. The monoisotopic (exact) mass is 495 g/mol. The van der Waals surface area contributed by atoms with Crippen LogP contribution in [0.4, 0.5) is 0 Å². The molecule has 1 saturated heterocycles. The normalized spacial score (nSPS) is 16.3. The number of sulfone groups is 1. The van der Waals surface area contributed by atoms with Gasteiger partial charge in [0.25, 0.3) is 0 Å². The van der Waals surface area contributed by atoms with Crippen molar-refractivity contribution in [3.05, 3.63) is 35.4 Å². The Labute approximate surface area is 174 Å². The van der Waals surface area contributed by atoms with E-state index in [1.807, 2.05) is 31.2 Å². The van der Waals surface area contributed by atoms with Crippen LogP contribution < -0.4 is 5.32 Å². The Morgan fingerprint density at radius 2 is 1.81 bits per heavy atom. The van der Waals surface area contributed by atoms with Gasteiger partial charge in [-0.3, -0.25) is 4.99 Å². The van der Waals surface area contributed by atoms with Crippen LogP contribution in [0.1, 0.15) is 30.9 Å². The number of rotatable bonds is 6. The van der Waals surface area contributed by atoms with E-state index < -0.39 is 9.84 Å². The van der Waals surface area contributed by atoms with Crippen molar-refractivity contribution in [2.45, 2.75) is 38.2 Å². The minimum absolute atomic E-state index is 0. The highest BCUT2D eigenvalue weighted by Crippen LogP contribution is 2.14. The zero-order valence-corrected chi connectivity index (χ0v) is 18.9. The molecule has 2 rings (SSSR count). The maximum absolute atomic E-state index is 11.3. The molecule has 148 valence electrons. The highest BCUT2D eigenvalue weighted by molar-refractivity contribution is 14.0. The summed E-state index contributed by atoms with van der Waals surface area (Å²) in [4.78, 5) is 6.63. The molecule has 0 amide bonds. The number of likely N-dealkylation sites (tertiary alicyclic amines) is 1. The molecule has 0 unspecified atom stereocenters. The molecule has 8 heteroatoms. The zero-order chi connectivity index (χ0) is 18.3. The Morgan fingerprint density at radius 1 is 1.23 bits per heavy atom. The molecule has 26 heavy (non-hydrogen) atoms. The molecule has 1 aliphatic heterocycles. The fourth-order valence-corrected chi connectivity index (χ4v) is 3.84. The molecule has 0 aromatic heterocycles. The van der Waals surface area contributed by atoms with E-state index in [0.717, 1.165) is 49.6 Å². The second kappa shape index (κ2) is 11.1. The maximum Gasteiger partial charge on any atom is 0.193 e. The Kier molecular flexibility index (Phi) is 9.88. The minimum Gasteiger partial charge on any atom is -0.378 e. The average Bonchev–Trinajstić information content (AvgIpc) is 2.57. The summed E-state index contributed by atoms with van der Waals surface area (Å²) in [6.07, 6.45) is 3.66. The van der Waals surface area contributed by atoms with Crippen LogP contribution in [0.5, 0.6) is 0 Å². The molecule has 0 spiro atoms. The molecule has 1 heterocycles. The molecular formula is C18H30IN3O3S. The molecule has 0 saturated carbocycles. The standard InChI is InChI=1S/C18H29N3O3S.HI/c1-4-24-17-9-11-21(12-10-17)18(19-2)20-13-15-5-7-16(8-6-15)14-25(3,22)23;/h5-8,17H,4,9-14H2,1-3H3,(H,19,20);1H. The van der Waals surface area contributed by atoms with Crippen molar-refractivity contribution < 1.29 is 13.2 Å². The van der Waals surface area contributed by atoms with Gasteiger partial charge in [0.05, 0.1) is 11.9 Å². The molecule has 1 N–H and O–H groups in total. The Bertz CT molecular complexity index is 669. The number of ether oxygens (including phenoxy) is 1. The van der Waals surface area contributed by atoms with Crippen LogP contribution >= 0.6 is 24.0 Å². The van der Waals surface area contributed by atoms with Gasteiger partial charge in [-0.05, 0) is 30.9 Å². The van der Waals surface area contributed by atoms with Crippen molar-refractivity contribution in [1.29, 1.82) is 0 Å². The van der Waals surface area contributed by atoms with Gasteiger partial charge in [-0.25, -0.2) is 8.42 Å². The van der Waals surface area contributed by atoms with Gasteiger partial charge < -0.3 is 15.0 Å².